The summed E-state index contributed by atoms with van der Waals surface area (Å²) in [4.78, 5) is 0. The molecule has 0 aromatic carbocycles. The summed E-state index contributed by atoms with van der Waals surface area (Å²) in [7, 11) is -2.81. The highest BCUT2D eigenvalue weighted by atomic mass is 32.2. The number of hydrogen-bond donors (Lipinski definition) is 1. The topological polar surface area (TPSA) is 54.4 Å². The third-order valence-electron chi connectivity index (χ3n) is 3.74. The van der Waals surface area contributed by atoms with Crippen LogP contribution in [0.5, 0.6) is 0 Å². The highest BCUT2D eigenvalue weighted by Crippen LogP contribution is 2.33. The molecule has 90 valence electrons. The lowest BCUT2D eigenvalue weighted by Gasteiger charge is -2.28. The van der Waals surface area contributed by atoms with E-state index in [1.54, 1.807) is 0 Å². The van der Waals surface area contributed by atoms with Crippen LogP contribution in [0.3, 0.4) is 0 Å². The minimum atomic E-state index is -2.81. The quantitative estimate of drug-likeness (QED) is 0.783. The number of aliphatic hydroxyl groups is 1. The molecule has 0 spiro atoms. The van der Waals surface area contributed by atoms with Crippen LogP contribution >= 0.6 is 0 Å². The van der Waals surface area contributed by atoms with Crippen LogP contribution in [0.2, 0.25) is 0 Å². The summed E-state index contributed by atoms with van der Waals surface area (Å²) in [5.74, 6) is 1.43. The van der Waals surface area contributed by atoms with E-state index < -0.39 is 9.84 Å². The number of hydrogen-bond acceptors (Lipinski definition) is 3. The third-order valence-corrected chi connectivity index (χ3v) is 5.53. The van der Waals surface area contributed by atoms with Gasteiger partial charge >= 0.3 is 0 Å². The Morgan fingerprint density at radius 3 is 2.27 bits per heavy atom. The Kier molecular flexibility index (Phi) is 4.59. The van der Waals surface area contributed by atoms with Gasteiger partial charge in [0.2, 0.25) is 0 Å². The van der Waals surface area contributed by atoms with Crippen LogP contribution in [0.15, 0.2) is 0 Å². The summed E-state index contributed by atoms with van der Waals surface area (Å²) in [5.41, 5.74) is 0. The average Bonchev–Trinajstić information content (AvgIpc) is 2.54. The second-order valence-electron chi connectivity index (χ2n) is 4.59. The average molecular weight is 234 g/mol. The molecule has 3 nitrogen and oxygen atoms in total. The normalized spacial score (nSPS) is 27.1. The Labute approximate surface area is 92.8 Å². The van der Waals surface area contributed by atoms with E-state index in [2.05, 4.69) is 13.8 Å². The SMILES string of the molecule is CCC(CC)C(CO)C1CCS(=O)(=O)C1. The summed E-state index contributed by atoms with van der Waals surface area (Å²) in [5, 5.41) is 9.39. The fraction of sp³-hybridized carbons (Fsp3) is 1.00. The highest BCUT2D eigenvalue weighted by molar-refractivity contribution is 7.91. The van der Waals surface area contributed by atoms with Gasteiger partial charge in [-0.2, -0.15) is 0 Å². The monoisotopic (exact) mass is 234 g/mol. The van der Waals surface area contributed by atoms with Crippen molar-refractivity contribution in [3.63, 3.8) is 0 Å². The van der Waals surface area contributed by atoms with Crippen LogP contribution in [0, 0.1) is 17.8 Å². The first kappa shape index (κ1) is 13.0. The first-order chi connectivity index (χ1) is 7.04. The molecular formula is C11H22O3S. The molecule has 15 heavy (non-hydrogen) atoms. The van der Waals surface area contributed by atoms with Crippen molar-refractivity contribution in [3.8, 4) is 0 Å². The molecule has 0 amide bonds. The first-order valence-electron chi connectivity index (χ1n) is 5.85. The van der Waals surface area contributed by atoms with Gasteiger partial charge in [0.25, 0.3) is 0 Å². The van der Waals surface area contributed by atoms with Gasteiger partial charge in [-0.3, -0.25) is 0 Å². The molecule has 1 rings (SSSR count). The lowest BCUT2D eigenvalue weighted by Crippen LogP contribution is -2.27. The molecule has 2 unspecified atom stereocenters. The van der Waals surface area contributed by atoms with Crippen LogP contribution in [0.4, 0.5) is 0 Å². The second kappa shape index (κ2) is 5.30. The molecule has 0 bridgehead atoms. The Balaban J connectivity index is 2.67. The van der Waals surface area contributed by atoms with Crippen molar-refractivity contribution in [1.29, 1.82) is 0 Å². The molecule has 1 heterocycles. The molecular weight excluding hydrogens is 212 g/mol. The minimum absolute atomic E-state index is 0.131. The van der Waals surface area contributed by atoms with Gasteiger partial charge in [0.15, 0.2) is 9.84 Å². The van der Waals surface area contributed by atoms with Crippen molar-refractivity contribution < 1.29 is 13.5 Å². The van der Waals surface area contributed by atoms with Gasteiger partial charge in [0.05, 0.1) is 11.5 Å². The van der Waals surface area contributed by atoms with Crippen molar-refractivity contribution in [2.24, 2.45) is 17.8 Å². The zero-order valence-corrected chi connectivity index (χ0v) is 10.5. The van der Waals surface area contributed by atoms with Crippen molar-refractivity contribution >= 4 is 9.84 Å². The molecule has 4 heteroatoms. The first-order valence-corrected chi connectivity index (χ1v) is 7.67. The molecule has 0 aliphatic carbocycles. The highest BCUT2D eigenvalue weighted by Gasteiger charge is 2.35. The van der Waals surface area contributed by atoms with Crippen LogP contribution in [0.1, 0.15) is 33.1 Å². The molecule has 0 radical (unpaired) electrons. The van der Waals surface area contributed by atoms with Crippen LogP contribution in [-0.4, -0.2) is 31.6 Å². The summed E-state index contributed by atoms with van der Waals surface area (Å²) in [6.45, 7) is 4.35. The molecule has 1 aliphatic rings. The summed E-state index contributed by atoms with van der Waals surface area (Å²) < 4.78 is 22.8. The van der Waals surface area contributed by atoms with Crippen molar-refractivity contribution in [3.05, 3.63) is 0 Å². The van der Waals surface area contributed by atoms with E-state index in [1.165, 1.54) is 0 Å². The molecule has 1 N–H and O–H groups in total. The molecule has 0 aromatic rings. The van der Waals surface area contributed by atoms with Gasteiger partial charge in [-0.1, -0.05) is 26.7 Å². The van der Waals surface area contributed by atoms with Gasteiger partial charge in [-0.05, 0) is 24.2 Å². The number of rotatable bonds is 5. The standard InChI is InChI=1S/C11H22O3S/c1-3-9(4-2)11(7-12)10-5-6-15(13,14)8-10/h9-12H,3-8H2,1-2H3. The third kappa shape index (κ3) is 3.18. The minimum Gasteiger partial charge on any atom is -0.396 e. The molecule has 1 aliphatic heterocycles. The van der Waals surface area contributed by atoms with Gasteiger partial charge < -0.3 is 5.11 Å². The Hall–Kier alpha value is -0.0900. The summed E-state index contributed by atoms with van der Waals surface area (Å²) in [6.07, 6.45) is 2.79. The fourth-order valence-electron chi connectivity index (χ4n) is 2.74. The van der Waals surface area contributed by atoms with Gasteiger partial charge in [0.1, 0.15) is 0 Å². The molecule has 1 fully saturated rings. The van der Waals surface area contributed by atoms with E-state index in [0.717, 1.165) is 19.3 Å². The Morgan fingerprint density at radius 1 is 1.33 bits per heavy atom. The van der Waals surface area contributed by atoms with E-state index in [4.69, 9.17) is 0 Å². The molecule has 0 aromatic heterocycles. The lowest BCUT2D eigenvalue weighted by atomic mass is 9.79. The van der Waals surface area contributed by atoms with Gasteiger partial charge in [0, 0.05) is 6.61 Å². The number of aliphatic hydroxyl groups excluding tert-OH is 1. The maximum absolute atomic E-state index is 11.4. The zero-order valence-electron chi connectivity index (χ0n) is 9.65. The Morgan fingerprint density at radius 2 is 1.93 bits per heavy atom. The fourth-order valence-corrected chi connectivity index (χ4v) is 4.63. The summed E-state index contributed by atoms with van der Waals surface area (Å²) >= 11 is 0. The van der Waals surface area contributed by atoms with Gasteiger partial charge in [-0.15, -0.1) is 0 Å². The van der Waals surface area contributed by atoms with Crippen molar-refractivity contribution in [2.75, 3.05) is 18.1 Å². The molecule has 2 atom stereocenters. The lowest BCUT2D eigenvalue weighted by molar-refractivity contribution is 0.124. The predicted octanol–water partition coefficient (Wildman–Crippen LogP) is 1.47. The van der Waals surface area contributed by atoms with E-state index in [-0.39, 0.29) is 24.2 Å². The second-order valence-corrected chi connectivity index (χ2v) is 6.81. The summed E-state index contributed by atoms with van der Waals surface area (Å²) in [6, 6.07) is 0. The van der Waals surface area contributed by atoms with E-state index in [1.807, 2.05) is 0 Å². The molecule has 0 saturated carbocycles. The van der Waals surface area contributed by atoms with E-state index in [0.29, 0.717) is 11.7 Å². The predicted molar refractivity (Wildman–Crippen MR) is 61.4 cm³/mol. The van der Waals surface area contributed by atoms with E-state index >= 15 is 0 Å². The maximum Gasteiger partial charge on any atom is 0.150 e. The van der Waals surface area contributed by atoms with Crippen molar-refractivity contribution in [2.45, 2.75) is 33.1 Å². The van der Waals surface area contributed by atoms with Crippen LogP contribution in [0.25, 0.3) is 0 Å². The van der Waals surface area contributed by atoms with Gasteiger partial charge in [-0.25, -0.2) is 8.42 Å². The zero-order chi connectivity index (χ0) is 11.5. The smallest absolute Gasteiger partial charge is 0.150 e. The van der Waals surface area contributed by atoms with Crippen molar-refractivity contribution in [1.82, 2.24) is 0 Å². The van der Waals surface area contributed by atoms with Crippen LogP contribution in [-0.2, 0) is 9.84 Å². The van der Waals surface area contributed by atoms with Crippen LogP contribution < -0.4 is 0 Å². The Bertz CT molecular complexity index is 280. The maximum atomic E-state index is 11.4. The molecule has 1 saturated heterocycles. The van der Waals surface area contributed by atoms with E-state index in [9.17, 15) is 13.5 Å². The number of sulfone groups is 1. The largest absolute Gasteiger partial charge is 0.396 e.